The third kappa shape index (κ3) is 2.65. The second-order valence-electron chi connectivity index (χ2n) is 4.27. The normalized spacial score (nSPS) is 22.7. The molecule has 2 heterocycles. The van der Waals surface area contributed by atoms with Crippen LogP contribution in [0.25, 0.3) is 0 Å². The molecule has 0 saturated carbocycles. The Labute approximate surface area is 104 Å². The lowest BCUT2D eigenvalue weighted by atomic mass is 9.98. The van der Waals surface area contributed by atoms with Crippen LogP contribution in [0.15, 0.2) is 24.5 Å². The van der Waals surface area contributed by atoms with Crippen LogP contribution in [0.3, 0.4) is 0 Å². The van der Waals surface area contributed by atoms with E-state index in [2.05, 4.69) is 10.3 Å². The highest BCUT2D eigenvalue weighted by Gasteiger charge is 2.43. The number of carbonyl (C=O) groups excluding carboxylic acids is 1. The molecule has 6 nitrogen and oxygen atoms in total. The van der Waals surface area contributed by atoms with Crippen molar-refractivity contribution in [3.63, 3.8) is 0 Å². The van der Waals surface area contributed by atoms with E-state index < -0.39 is 11.5 Å². The number of carboxylic acids is 1. The summed E-state index contributed by atoms with van der Waals surface area (Å²) < 4.78 is 5.07. The molecule has 1 aromatic rings. The minimum Gasteiger partial charge on any atom is -0.479 e. The van der Waals surface area contributed by atoms with E-state index in [4.69, 9.17) is 4.74 Å². The monoisotopic (exact) mass is 250 g/mol. The number of nitrogens with one attached hydrogen (secondary N) is 1. The second-order valence-corrected chi connectivity index (χ2v) is 4.27. The van der Waals surface area contributed by atoms with Crippen LogP contribution in [0.5, 0.6) is 0 Å². The van der Waals surface area contributed by atoms with Gasteiger partial charge in [0.2, 0.25) is 5.91 Å². The van der Waals surface area contributed by atoms with Gasteiger partial charge in [0.05, 0.1) is 13.0 Å². The number of carbonyl (C=O) groups is 2. The number of hydrogen-bond acceptors (Lipinski definition) is 4. The van der Waals surface area contributed by atoms with Gasteiger partial charge >= 0.3 is 5.97 Å². The van der Waals surface area contributed by atoms with Crippen LogP contribution < -0.4 is 5.32 Å². The van der Waals surface area contributed by atoms with Crippen LogP contribution in [-0.4, -0.2) is 40.7 Å². The smallest absolute Gasteiger partial charge is 0.331 e. The molecule has 6 heteroatoms. The quantitative estimate of drug-likeness (QED) is 0.784. The first-order chi connectivity index (χ1) is 8.62. The number of amides is 1. The molecular weight excluding hydrogens is 236 g/mol. The van der Waals surface area contributed by atoms with Crippen LogP contribution in [0.2, 0.25) is 0 Å². The van der Waals surface area contributed by atoms with Crippen molar-refractivity contribution in [1.82, 2.24) is 10.3 Å². The van der Waals surface area contributed by atoms with Crippen molar-refractivity contribution in [3.8, 4) is 0 Å². The third-order valence-corrected chi connectivity index (χ3v) is 2.92. The highest BCUT2D eigenvalue weighted by molar-refractivity contribution is 5.88. The Morgan fingerprint density at radius 2 is 2.17 bits per heavy atom. The summed E-state index contributed by atoms with van der Waals surface area (Å²) in [6.45, 7) is 0.367. The van der Waals surface area contributed by atoms with E-state index in [0.29, 0.717) is 13.0 Å². The number of pyridine rings is 1. The molecule has 1 atom stereocenters. The van der Waals surface area contributed by atoms with Crippen LogP contribution >= 0.6 is 0 Å². The van der Waals surface area contributed by atoms with Gasteiger partial charge < -0.3 is 15.2 Å². The molecule has 1 aromatic heterocycles. The van der Waals surface area contributed by atoms with E-state index >= 15 is 0 Å². The standard InChI is InChI=1S/C12H14N2O4/c15-10(7-9-1-4-13-5-2-9)14-12(11(16)17)3-6-18-8-12/h1-2,4-5H,3,6-8H2,(H,14,15)(H,16,17). The Hall–Kier alpha value is -1.95. The first kappa shape index (κ1) is 12.5. The van der Waals surface area contributed by atoms with Crippen molar-refractivity contribution >= 4 is 11.9 Å². The van der Waals surface area contributed by atoms with Crippen molar-refractivity contribution in [2.75, 3.05) is 13.2 Å². The predicted molar refractivity (Wildman–Crippen MR) is 61.9 cm³/mol. The van der Waals surface area contributed by atoms with Crippen molar-refractivity contribution in [2.24, 2.45) is 0 Å². The summed E-state index contributed by atoms with van der Waals surface area (Å²) in [5.74, 6) is -1.38. The predicted octanol–water partition coefficient (Wildman–Crippen LogP) is -0.0160. The maximum Gasteiger partial charge on any atom is 0.331 e. The fourth-order valence-corrected chi connectivity index (χ4v) is 1.88. The van der Waals surface area contributed by atoms with Crippen molar-refractivity contribution in [3.05, 3.63) is 30.1 Å². The molecule has 1 aliphatic rings. The SMILES string of the molecule is O=C(Cc1ccncc1)NC1(C(=O)O)CCOC1. The molecule has 1 unspecified atom stereocenters. The highest BCUT2D eigenvalue weighted by Crippen LogP contribution is 2.19. The topological polar surface area (TPSA) is 88.5 Å². The maximum absolute atomic E-state index is 11.8. The molecule has 1 saturated heterocycles. The van der Waals surface area contributed by atoms with Crippen LogP contribution in [0.1, 0.15) is 12.0 Å². The minimum absolute atomic E-state index is 0.0183. The van der Waals surface area contributed by atoms with Gasteiger partial charge in [-0.25, -0.2) is 4.79 Å². The van der Waals surface area contributed by atoms with E-state index in [0.717, 1.165) is 5.56 Å². The van der Waals surface area contributed by atoms with Crippen molar-refractivity contribution in [2.45, 2.75) is 18.4 Å². The summed E-state index contributed by atoms with van der Waals surface area (Å²) in [5.41, 5.74) is -0.480. The molecule has 18 heavy (non-hydrogen) atoms. The van der Waals surface area contributed by atoms with Gasteiger partial charge in [0.1, 0.15) is 0 Å². The molecule has 96 valence electrons. The fraction of sp³-hybridized carbons (Fsp3) is 0.417. The lowest BCUT2D eigenvalue weighted by molar-refractivity contribution is -0.147. The van der Waals surface area contributed by atoms with E-state index in [1.807, 2.05) is 0 Å². The average molecular weight is 250 g/mol. The maximum atomic E-state index is 11.8. The number of carboxylic acid groups (broad SMARTS) is 1. The molecular formula is C12H14N2O4. The van der Waals surface area contributed by atoms with E-state index in [-0.39, 0.29) is 18.9 Å². The minimum atomic E-state index is -1.27. The third-order valence-electron chi connectivity index (χ3n) is 2.92. The van der Waals surface area contributed by atoms with Gasteiger partial charge in [0.25, 0.3) is 0 Å². The Balaban J connectivity index is 2.00. The molecule has 0 spiro atoms. The summed E-state index contributed by atoms with van der Waals surface area (Å²) >= 11 is 0. The van der Waals surface area contributed by atoms with Gasteiger partial charge in [-0.1, -0.05) is 0 Å². The number of hydrogen-bond donors (Lipinski definition) is 2. The molecule has 0 bridgehead atoms. The Kier molecular flexibility index (Phi) is 3.57. The molecule has 0 aliphatic carbocycles. The molecule has 0 aromatic carbocycles. The zero-order valence-corrected chi connectivity index (χ0v) is 9.76. The molecule has 1 fully saturated rings. The summed E-state index contributed by atoms with van der Waals surface area (Å²) in [4.78, 5) is 26.9. The van der Waals surface area contributed by atoms with Gasteiger partial charge in [0.15, 0.2) is 5.54 Å². The van der Waals surface area contributed by atoms with Gasteiger partial charge in [0, 0.05) is 25.4 Å². The van der Waals surface area contributed by atoms with Crippen LogP contribution in [0.4, 0.5) is 0 Å². The summed E-state index contributed by atoms with van der Waals surface area (Å²) in [5, 5.41) is 11.7. The molecule has 0 radical (unpaired) electrons. The fourth-order valence-electron chi connectivity index (χ4n) is 1.88. The van der Waals surface area contributed by atoms with Crippen LogP contribution in [-0.2, 0) is 20.7 Å². The number of nitrogens with zero attached hydrogens (tertiary/aromatic N) is 1. The Bertz CT molecular complexity index is 441. The molecule has 1 aliphatic heterocycles. The number of rotatable bonds is 4. The first-order valence-corrected chi connectivity index (χ1v) is 5.63. The van der Waals surface area contributed by atoms with Gasteiger partial charge in [-0.15, -0.1) is 0 Å². The number of aromatic nitrogens is 1. The van der Waals surface area contributed by atoms with Gasteiger partial charge in [-0.05, 0) is 17.7 Å². The van der Waals surface area contributed by atoms with Crippen molar-refractivity contribution < 1.29 is 19.4 Å². The molecule has 1 amide bonds. The highest BCUT2D eigenvalue weighted by atomic mass is 16.5. The van der Waals surface area contributed by atoms with Gasteiger partial charge in [-0.2, -0.15) is 0 Å². The summed E-state index contributed by atoms with van der Waals surface area (Å²) in [6.07, 6.45) is 3.62. The lowest BCUT2D eigenvalue weighted by Gasteiger charge is -2.23. The Morgan fingerprint density at radius 3 is 2.72 bits per heavy atom. The lowest BCUT2D eigenvalue weighted by Crippen LogP contribution is -2.55. The van der Waals surface area contributed by atoms with E-state index in [1.54, 1.807) is 24.5 Å². The molecule has 2 rings (SSSR count). The largest absolute Gasteiger partial charge is 0.479 e. The molecule has 2 N–H and O–H groups in total. The van der Waals surface area contributed by atoms with E-state index in [1.165, 1.54) is 0 Å². The van der Waals surface area contributed by atoms with Crippen molar-refractivity contribution in [1.29, 1.82) is 0 Å². The zero-order valence-electron chi connectivity index (χ0n) is 9.76. The summed E-state index contributed by atoms with van der Waals surface area (Å²) in [7, 11) is 0. The Morgan fingerprint density at radius 1 is 1.44 bits per heavy atom. The summed E-state index contributed by atoms with van der Waals surface area (Å²) in [6, 6.07) is 3.44. The average Bonchev–Trinajstić information content (AvgIpc) is 2.80. The number of aliphatic carboxylic acids is 1. The van der Waals surface area contributed by atoms with E-state index in [9.17, 15) is 14.7 Å². The second kappa shape index (κ2) is 5.14. The van der Waals surface area contributed by atoms with Gasteiger partial charge in [-0.3, -0.25) is 9.78 Å². The number of ether oxygens (including phenoxy) is 1. The van der Waals surface area contributed by atoms with Crippen LogP contribution in [0, 0.1) is 0 Å². The zero-order chi connectivity index (χ0) is 13.0. The first-order valence-electron chi connectivity index (χ1n) is 5.63.